The monoisotopic (exact) mass is 361 g/mol. The third kappa shape index (κ3) is 5.50. The Kier molecular flexibility index (Phi) is 6.36. The van der Waals surface area contributed by atoms with Crippen LogP contribution in [0.5, 0.6) is 11.5 Å². The first-order valence-corrected chi connectivity index (χ1v) is 7.60. The molecule has 0 aliphatic carbocycles. The minimum atomic E-state index is -0.893. The lowest BCUT2D eigenvalue weighted by atomic mass is 10.2. The van der Waals surface area contributed by atoms with Gasteiger partial charge >= 0.3 is 11.8 Å². The highest BCUT2D eigenvalue weighted by Crippen LogP contribution is 2.25. The summed E-state index contributed by atoms with van der Waals surface area (Å²) in [6.45, 7) is 0.197. The van der Waals surface area contributed by atoms with Crippen molar-refractivity contribution < 1.29 is 19.4 Å². The minimum absolute atomic E-state index is 0.00902. The molecule has 130 valence electrons. The van der Waals surface area contributed by atoms with Gasteiger partial charge in [-0.05, 0) is 41.5 Å². The van der Waals surface area contributed by atoms with Gasteiger partial charge in [0.2, 0.25) is 0 Å². The lowest BCUT2D eigenvalue weighted by Gasteiger charge is -2.05. The van der Waals surface area contributed by atoms with Crippen LogP contribution >= 0.6 is 11.6 Å². The zero-order chi connectivity index (χ0) is 18.2. The highest BCUT2D eigenvalue weighted by Gasteiger charge is 2.11. The van der Waals surface area contributed by atoms with Crippen LogP contribution in [0.25, 0.3) is 0 Å². The molecule has 8 heteroatoms. The summed E-state index contributed by atoms with van der Waals surface area (Å²) in [6.07, 6.45) is 1.33. The average Bonchev–Trinajstić information content (AvgIpc) is 2.62. The Morgan fingerprint density at radius 1 is 1.20 bits per heavy atom. The summed E-state index contributed by atoms with van der Waals surface area (Å²) in [4.78, 5) is 23.4. The molecule has 0 atom stereocenters. The van der Waals surface area contributed by atoms with E-state index < -0.39 is 11.8 Å². The number of amides is 2. The predicted octanol–water partition coefficient (Wildman–Crippen LogP) is 1.82. The Balaban J connectivity index is 1.84. The van der Waals surface area contributed by atoms with Crippen molar-refractivity contribution in [1.82, 2.24) is 10.7 Å². The predicted molar refractivity (Wildman–Crippen MR) is 93.7 cm³/mol. The Morgan fingerprint density at radius 3 is 2.60 bits per heavy atom. The molecule has 0 unspecified atom stereocenters. The molecule has 2 aromatic carbocycles. The van der Waals surface area contributed by atoms with Crippen LogP contribution in [0, 0.1) is 0 Å². The van der Waals surface area contributed by atoms with Crippen LogP contribution in [0.4, 0.5) is 0 Å². The summed E-state index contributed by atoms with van der Waals surface area (Å²) in [5.41, 5.74) is 3.51. The van der Waals surface area contributed by atoms with E-state index in [1.807, 2.05) is 0 Å². The molecule has 0 saturated heterocycles. The molecule has 3 N–H and O–H groups in total. The fourth-order valence-electron chi connectivity index (χ4n) is 1.86. The zero-order valence-electron chi connectivity index (χ0n) is 13.3. The molecule has 0 bridgehead atoms. The molecule has 2 aromatic rings. The minimum Gasteiger partial charge on any atom is -0.504 e. The van der Waals surface area contributed by atoms with E-state index in [1.54, 1.807) is 30.3 Å². The fourth-order valence-corrected chi connectivity index (χ4v) is 1.98. The number of aromatic hydroxyl groups is 1. The highest BCUT2D eigenvalue weighted by atomic mass is 35.5. The second-order valence-electron chi connectivity index (χ2n) is 4.94. The Bertz CT molecular complexity index is 791. The number of methoxy groups -OCH3 is 1. The lowest BCUT2D eigenvalue weighted by Crippen LogP contribution is -2.37. The molecule has 7 nitrogen and oxygen atoms in total. The largest absolute Gasteiger partial charge is 0.504 e. The second kappa shape index (κ2) is 8.70. The van der Waals surface area contributed by atoms with Crippen molar-refractivity contribution in [3.8, 4) is 11.5 Å². The molecule has 0 aliphatic heterocycles. The van der Waals surface area contributed by atoms with E-state index in [-0.39, 0.29) is 18.0 Å². The van der Waals surface area contributed by atoms with Crippen LogP contribution < -0.4 is 15.5 Å². The van der Waals surface area contributed by atoms with Gasteiger partial charge in [-0.2, -0.15) is 5.10 Å². The SMILES string of the molecule is COc1cc(/C=N\NC(=O)C(=O)NCc2ccc(Cl)cc2)ccc1O. The van der Waals surface area contributed by atoms with Gasteiger partial charge < -0.3 is 15.2 Å². The lowest BCUT2D eigenvalue weighted by molar-refractivity contribution is -0.139. The Hall–Kier alpha value is -3.06. The molecule has 0 aromatic heterocycles. The number of hydrogen-bond donors (Lipinski definition) is 3. The first-order chi connectivity index (χ1) is 12.0. The summed E-state index contributed by atoms with van der Waals surface area (Å²) < 4.78 is 4.96. The number of carbonyl (C=O) groups excluding carboxylic acids is 2. The van der Waals surface area contributed by atoms with E-state index >= 15 is 0 Å². The van der Waals surface area contributed by atoms with Crippen LogP contribution in [-0.2, 0) is 16.1 Å². The fraction of sp³-hybridized carbons (Fsp3) is 0.118. The number of benzene rings is 2. The number of hydrogen-bond acceptors (Lipinski definition) is 5. The zero-order valence-corrected chi connectivity index (χ0v) is 14.1. The Labute approximate surface area is 149 Å². The number of hydrazone groups is 1. The molecule has 0 radical (unpaired) electrons. The van der Waals surface area contributed by atoms with Gasteiger partial charge in [-0.25, -0.2) is 5.43 Å². The van der Waals surface area contributed by atoms with Gasteiger partial charge in [0.15, 0.2) is 11.5 Å². The first-order valence-electron chi connectivity index (χ1n) is 7.22. The van der Waals surface area contributed by atoms with E-state index in [4.69, 9.17) is 16.3 Å². The van der Waals surface area contributed by atoms with Crippen molar-refractivity contribution >= 4 is 29.6 Å². The molecule has 25 heavy (non-hydrogen) atoms. The normalized spacial score (nSPS) is 10.5. The van der Waals surface area contributed by atoms with Gasteiger partial charge in [-0.15, -0.1) is 0 Å². The summed E-state index contributed by atoms with van der Waals surface area (Å²) in [7, 11) is 1.42. The number of carbonyl (C=O) groups is 2. The number of nitrogens with zero attached hydrogens (tertiary/aromatic N) is 1. The van der Waals surface area contributed by atoms with E-state index in [2.05, 4.69) is 15.8 Å². The van der Waals surface area contributed by atoms with Gasteiger partial charge in [0, 0.05) is 11.6 Å². The maximum Gasteiger partial charge on any atom is 0.329 e. The summed E-state index contributed by atoms with van der Waals surface area (Å²) >= 11 is 5.77. The number of rotatable bonds is 5. The third-order valence-corrected chi connectivity index (χ3v) is 3.41. The summed E-state index contributed by atoms with van der Waals surface area (Å²) in [6, 6.07) is 11.4. The molecule has 2 amide bonds. The quantitative estimate of drug-likeness (QED) is 0.429. The summed E-state index contributed by atoms with van der Waals surface area (Å²) in [5, 5.41) is 16.2. The molecule has 0 spiro atoms. The number of halogens is 1. The topological polar surface area (TPSA) is 100 Å². The van der Waals surface area contributed by atoms with Crippen LogP contribution in [0.1, 0.15) is 11.1 Å². The van der Waals surface area contributed by atoms with E-state index in [1.165, 1.54) is 25.5 Å². The summed E-state index contributed by atoms with van der Waals surface area (Å²) in [5.74, 6) is -1.44. The van der Waals surface area contributed by atoms with Crippen molar-refractivity contribution in [2.24, 2.45) is 5.10 Å². The van der Waals surface area contributed by atoms with Crippen LogP contribution in [0.2, 0.25) is 5.02 Å². The van der Waals surface area contributed by atoms with Crippen molar-refractivity contribution in [3.05, 3.63) is 58.6 Å². The van der Waals surface area contributed by atoms with Gasteiger partial charge in [0.05, 0.1) is 13.3 Å². The number of phenols is 1. The van der Waals surface area contributed by atoms with Gasteiger partial charge in [0.1, 0.15) is 0 Å². The third-order valence-electron chi connectivity index (χ3n) is 3.16. The Morgan fingerprint density at radius 2 is 1.92 bits per heavy atom. The van der Waals surface area contributed by atoms with Crippen molar-refractivity contribution in [1.29, 1.82) is 0 Å². The van der Waals surface area contributed by atoms with Gasteiger partial charge in [-0.3, -0.25) is 9.59 Å². The van der Waals surface area contributed by atoms with E-state index in [9.17, 15) is 14.7 Å². The average molecular weight is 362 g/mol. The van der Waals surface area contributed by atoms with Crippen molar-refractivity contribution in [3.63, 3.8) is 0 Å². The van der Waals surface area contributed by atoms with Crippen LogP contribution in [0.15, 0.2) is 47.6 Å². The molecule has 0 aliphatic rings. The maximum absolute atomic E-state index is 11.7. The smallest absolute Gasteiger partial charge is 0.329 e. The van der Waals surface area contributed by atoms with Crippen LogP contribution in [0.3, 0.4) is 0 Å². The molecule has 0 heterocycles. The first kappa shape index (κ1) is 18.3. The molecule has 2 rings (SSSR count). The molecule has 0 saturated carbocycles. The molecule has 0 fully saturated rings. The second-order valence-corrected chi connectivity index (χ2v) is 5.38. The maximum atomic E-state index is 11.7. The highest BCUT2D eigenvalue weighted by molar-refractivity contribution is 6.35. The molecular formula is C17H16ClN3O4. The standard InChI is InChI=1S/C17H16ClN3O4/c1-25-15-8-12(4-7-14(15)22)10-20-21-17(24)16(23)19-9-11-2-5-13(18)6-3-11/h2-8,10,22H,9H2,1H3,(H,19,23)(H,21,24)/b20-10-. The van der Waals surface area contributed by atoms with Gasteiger partial charge in [-0.1, -0.05) is 23.7 Å². The van der Waals surface area contributed by atoms with Crippen LogP contribution in [-0.4, -0.2) is 30.2 Å². The number of ether oxygens (including phenoxy) is 1. The van der Waals surface area contributed by atoms with Gasteiger partial charge in [0.25, 0.3) is 0 Å². The molecular weight excluding hydrogens is 346 g/mol. The van der Waals surface area contributed by atoms with E-state index in [0.717, 1.165) is 5.56 Å². The van der Waals surface area contributed by atoms with Crippen molar-refractivity contribution in [2.75, 3.05) is 7.11 Å². The van der Waals surface area contributed by atoms with Crippen molar-refractivity contribution in [2.45, 2.75) is 6.54 Å². The number of phenolic OH excluding ortho intramolecular Hbond substituents is 1. The van der Waals surface area contributed by atoms with E-state index in [0.29, 0.717) is 10.6 Å². The number of nitrogens with one attached hydrogen (secondary N) is 2.